The molecule has 1 aromatic heterocycles. The van der Waals surface area contributed by atoms with E-state index in [4.69, 9.17) is 0 Å². The Bertz CT molecular complexity index is 967. The van der Waals surface area contributed by atoms with E-state index in [1.165, 1.54) is 0 Å². The maximum Gasteiger partial charge on any atom is 0.243 e. The lowest BCUT2D eigenvalue weighted by atomic mass is 10.2. The number of imidazole rings is 1. The molecule has 1 fully saturated rings. The Labute approximate surface area is 148 Å². The standard InChI is InChI=1S/C17H16BrN3O2S/c18-12-5-3-6-13(11-12)24(22,23)21-10-4-9-16(21)17-19-14-7-1-2-8-15(14)20-17/h1-3,5-8,11,16H,4,9-10H2,(H,19,20). The zero-order valence-corrected chi connectivity index (χ0v) is 15.2. The molecule has 4 rings (SSSR count). The van der Waals surface area contributed by atoms with E-state index in [1.807, 2.05) is 30.3 Å². The van der Waals surface area contributed by atoms with Gasteiger partial charge in [0.05, 0.1) is 22.0 Å². The largest absolute Gasteiger partial charge is 0.341 e. The van der Waals surface area contributed by atoms with Gasteiger partial charge in [0.2, 0.25) is 10.0 Å². The second-order valence-electron chi connectivity index (χ2n) is 5.87. The zero-order chi connectivity index (χ0) is 16.7. The molecule has 1 unspecified atom stereocenters. The van der Waals surface area contributed by atoms with Crippen LogP contribution in [0, 0.1) is 0 Å². The van der Waals surface area contributed by atoms with Gasteiger partial charge in [-0.2, -0.15) is 4.31 Å². The Morgan fingerprint density at radius 3 is 2.79 bits per heavy atom. The molecule has 5 nitrogen and oxygen atoms in total. The molecule has 0 amide bonds. The fraction of sp³-hybridized carbons (Fsp3) is 0.235. The number of nitrogens with zero attached hydrogens (tertiary/aromatic N) is 2. The normalized spacial score (nSPS) is 19.1. The van der Waals surface area contributed by atoms with Crippen LogP contribution in [0.3, 0.4) is 0 Å². The minimum atomic E-state index is -3.55. The number of fused-ring (bicyclic) bond motifs is 1. The number of sulfonamides is 1. The number of nitrogens with one attached hydrogen (secondary N) is 1. The van der Waals surface area contributed by atoms with Gasteiger partial charge in [-0.1, -0.05) is 34.1 Å². The van der Waals surface area contributed by atoms with Gasteiger partial charge < -0.3 is 4.98 Å². The number of para-hydroxylation sites is 2. The van der Waals surface area contributed by atoms with Crippen LogP contribution >= 0.6 is 15.9 Å². The molecular weight excluding hydrogens is 390 g/mol. The Balaban J connectivity index is 1.74. The van der Waals surface area contributed by atoms with Crippen molar-refractivity contribution in [1.29, 1.82) is 0 Å². The van der Waals surface area contributed by atoms with Gasteiger partial charge in [0.15, 0.2) is 0 Å². The summed E-state index contributed by atoms with van der Waals surface area (Å²) in [4.78, 5) is 8.18. The van der Waals surface area contributed by atoms with Gasteiger partial charge in [-0.3, -0.25) is 0 Å². The highest BCUT2D eigenvalue weighted by Crippen LogP contribution is 2.36. The van der Waals surface area contributed by atoms with E-state index in [2.05, 4.69) is 25.9 Å². The Kier molecular flexibility index (Phi) is 3.94. The number of hydrogen-bond acceptors (Lipinski definition) is 3. The average Bonchev–Trinajstić information content (AvgIpc) is 3.21. The first kappa shape index (κ1) is 15.8. The highest BCUT2D eigenvalue weighted by Gasteiger charge is 2.37. The van der Waals surface area contributed by atoms with E-state index in [0.717, 1.165) is 28.3 Å². The maximum atomic E-state index is 13.0. The van der Waals surface area contributed by atoms with Crippen molar-refractivity contribution in [2.75, 3.05) is 6.54 Å². The molecule has 2 aromatic carbocycles. The molecule has 124 valence electrons. The van der Waals surface area contributed by atoms with Gasteiger partial charge in [0, 0.05) is 11.0 Å². The third-order valence-electron chi connectivity index (χ3n) is 4.33. The summed E-state index contributed by atoms with van der Waals surface area (Å²) in [7, 11) is -3.55. The number of aromatic nitrogens is 2. The molecule has 0 bridgehead atoms. The molecule has 1 aliphatic heterocycles. The van der Waals surface area contributed by atoms with Crippen LogP contribution in [-0.4, -0.2) is 29.2 Å². The minimum Gasteiger partial charge on any atom is -0.341 e. The third-order valence-corrected chi connectivity index (χ3v) is 6.73. The first-order chi connectivity index (χ1) is 11.6. The summed E-state index contributed by atoms with van der Waals surface area (Å²) in [6.07, 6.45) is 1.60. The molecule has 0 spiro atoms. The van der Waals surface area contributed by atoms with Crippen molar-refractivity contribution in [1.82, 2.24) is 14.3 Å². The topological polar surface area (TPSA) is 66.1 Å². The van der Waals surface area contributed by atoms with Crippen molar-refractivity contribution in [3.63, 3.8) is 0 Å². The van der Waals surface area contributed by atoms with Crippen molar-refractivity contribution >= 4 is 37.0 Å². The summed E-state index contributed by atoms with van der Waals surface area (Å²) < 4.78 is 28.4. The van der Waals surface area contributed by atoms with Gasteiger partial charge in [-0.05, 0) is 43.2 Å². The van der Waals surface area contributed by atoms with E-state index in [-0.39, 0.29) is 6.04 Å². The first-order valence-electron chi connectivity index (χ1n) is 7.78. The number of rotatable bonds is 3. The van der Waals surface area contributed by atoms with Crippen LogP contribution in [0.5, 0.6) is 0 Å². The molecule has 1 N–H and O–H groups in total. The van der Waals surface area contributed by atoms with Crippen LogP contribution in [0.15, 0.2) is 57.9 Å². The number of H-pyrrole nitrogens is 1. The van der Waals surface area contributed by atoms with Crippen LogP contribution in [0.2, 0.25) is 0 Å². The fourth-order valence-corrected chi connectivity index (χ4v) is 5.45. The molecular formula is C17H16BrN3O2S. The number of aromatic amines is 1. The van der Waals surface area contributed by atoms with Crippen LogP contribution < -0.4 is 0 Å². The first-order valence-corrected chi connectivity index (χ1v) is 10.0. The second kappa shape index (κ2) is 5.98. The number of benzene rings is 2. The summed E-state index contributed by atoms with van der Waals surface area (Å²) in [5.74, 6) is 0.715. The molecule has 0 aliphatic carbocycles. The lowest BCUT2D eigenvalue weighted by Crippen LogP contribution is -2.31. The highest BCUT2D eigenvalue weighted by molar-refractivity contribution is 9.10. The Morgan fingerprint density at radius 2 is 2.00 bits per heavy atom. The fourth-order valence-electron chi connectivity index (χ4n) is 3.19. The van der Waals surface area contributed by atoms with E-state index in [0.29, 0.717) is 17.3 Å². The van der Waals surface area contributed by atoms with Crippen LogP contribution in [0.4, 0.5) is 0 Å². The second-order valence-corrected chi connectivity index (χ2v) is 8.68. The van der Waals surface area contributed by atoms with Gasteiger partial charge in [0.1, 0.15) is 5.82 Å². The van der Waals surface area contributed by atoms with Gasteiger partial charge in [-0.25, -0.2) is 13.4 Å². The molecule has 7 heteroatoms. The van der Waals surface area contributed by atoms with E-state index in [1.54, 1.807) is 22.5 Å². The van der Waals surface area contributed by atoms with Crippen LogP contribution in [-0.2, 0) is 10.0 Å². The monoisotopic (exact) mass is 405 g/mol. The molecule has 0 saturated carbocycles. The lowest BCUT2D eigenvalue weighted by Gasteiger charge is -2.22. The molecule has 1 saturated heterocycles. The molecule has 2 heterocycles. The Morgan fingerprint density at radius 1 is 1.17 bits per heavy atom. The summed E-state index contributed by atoms with van der Waals surface area (Å²) in [5.41, 5.74) is 1.79. The van der Waals surface area contributed by atoms with Gasteiger partial charge in [0.25, 0.3) is 0 Å². The quantitative estimate of drug-likeness (QED) is 0.719. The predicted molar refractivity (Wildman–Crippen MR) is 96.1 cm³/mol. The highest BCUT2D eigenvalue weighted by atomic mass is 79.9. The van der Waals surface area contributed by atoms with Crippen molar-refractivity contribution in [2.45, 2.75) is 23.8 Å². The van der Waals surface area contributed by atoms with Crippen LogP contribution in [0.25, 0.3) is 11.0 Å². The molecule has 1 atom stereocenters. The van der Waals surface area contributed by atoms with Crippen molar-refractivity contribution in [3.05, 3.63) is 58.8 Å². The maximum absolute atomic E-state index is 13.0. The summed E-state index contributed by atoms with van der Waals surface area (Å²) in [6.45, 7) is 0.510. The molecule has 1 aliphatic rings. The summed E-state index contributed by atoms with van der Waals surface area (Å²) in [5, 5.41) is 0. The van der Waals surface area contributed by atoms with Crippen molar-refractivity contribution in [3.8, 4) is 0 Å². The molecule has 0 radical (unpaired) electrons. The van der Waals surface area contributed by atoms with Gasteiger partial charge >= 0.3 is 0 Å². The average molecular weight is 406 g/mol. The third kappa shape index (κ3) is 2.66. The predicted octanol–water partition coefficient (Wildman–Crippen LogP) is 3.85. The number of halogens is 1. The zero-order valence-electron chi connectivity index (χ0n) is 12.8. The number of hydrogen-bond donors (Lipinski definition) is 1. The van der Waals surface area contributed by atoms with Gasteiger partial charge in [-0.15, -0.1) is 0 Å². The Hall–Kier alpha value is -1.70. The van der Waals surface area contributed by atoms with E-state index in [9.17, 15) is 8.42 Å². The van der Waals surface area contributed by atoms with Crippen molar-refractivity contribution < 1.29 is 8.42 Å². The molecule has 24 heavy (non-hydrogen) atoms. The van der Waals surface area contributed by atoms with E-state index >= 15 is 0 Å². The smallest absolute Gasteiger partial charge is 0.243 e. The van der Waals surface area contributed by atoms with Crippen LogP contribution in [0.1, 0.15) is 24.7 Å². The van der Waals surface area contributed by atoms with E-state index < -0.39 is 10.0 Å². The summed E-state index contributed by atoms with van der Waals surface area (Å²) in [6, 6.07) is 14.3. The summed E-state index contributed by atoms with van der Waals surface area (Å²) >= 11 is 3.35. The molecule has 3 aromatic rings. The lowest BCUT2D eigenvalue weighted by molar-refractivity contribution is 0.385. The SMILES string of the molecule is O=S(=O)(c1cccc(Br)c1)N1CCCC1c1nc2ccccc2[nH]1. The van der Waals surface area contributed by atoms with Crippen molar-refractivity contribution in [2.24, 2.45) is 0 Å². The minimum absolute atomic E-state index is 0.249.